The third-order valence-electron chi connectivity index (χ3n) is 9.15. The highest BCUT2D eigenvalue weighted by Crippen LogP contribution is 2.72. The van der Waals surface area contributed by atoms with Crippen LogP contribution in [-0.2, 0) is 38.1 Å². The Bertz CT molecular complexity index is 1020. The molecule has 3 heterocycles. The molecule has 5 aliphatic rings. The Morgan fingerprint density at radius 3 is 2.67 bits per heavy atom. The first-order chi connectivity index (χ1) is 17.1. The van der Waals surface area contributed by atoms with E-state index in [2.05, 4.69) is 19.9 Å². The maximum Gasteiger partial charge on any atom is 0.335 e. The van der Waals surface area contributed by atoms with E-state index in [1.165, 1.54) is 23.8 Å². The Morgan fingerprint density at radius 2 is 2.00 bits per heavy atom. The van der Waals surface area contributed by atoms with Crippen molar-refractivity contribution in [3.8, 4) is 0 Å². The number of allylic oxidation sites excluding steroid dienone is 3. The van der Waals surface area contributed by atoms with Crippen LogP contribution in [0.5, 0.6) is 0 Å². The van der Waals surface area contributed by atoms with Gasteiger partial charge >= 0.3 is 17.9 Å². The second-order valence-electron chi connectivity index (χ2n) is 11.0. The molecule has 36 heavy (non-hydrogen) atoms. The van der Waals surface area contributed by atoms with E-state index >= 15 is 0 Å². The Kier molecular flexibility index (Phi) is 6.37. The number of rotatable bonds is 7. The number of hydrogen-bond acceptors (Lipinski definition) is 8. The minimum absolute atomic E-state index is 0.0992. The summed E-state index contributed by atoms with van der Waals surface area (Å²) >= 11 is 0. The summed E-state index contributed by atoms with van der Waals surface area (Å²) < 4.78 is 30.3. The molecule has 0 radical (unpaired) electrons. The lowest BCUT2D eigenvalue weighted by Crippen LogP contribution is -2.66. The molecular formula is C27H34O9. The largest absolute Gasteiger partial charge is 0.478 e. The molecule has 1 spiro atoms. The normalized spacial score (nSPS) is 43.0. The summed E-state index contributed by atoms with van der Waals surface area (Å²) in [6.45, 7) is 7.30. The number of carboxylic acid groups (broad SMARTS) is 1. The summed E-state index contributed by atoms with van der Waals surface area (Å²) in [5, 5.41) is 8.73. The lowest BCUT2D eigenvalue weighted by atomic mass is 9.51. The van der Waals surface area contributed by atoms with Crippen LogP contribution >= 0.6 is 0 Å². The summed E-state index contributed by atoms with van der Waals surface area (Å²) in [6, 6.07) is 0. The zero-order valence-electron chi connectivity index (χ0n) is 20.9. The maximum atomic E-state index is 13.0. The van der Waals surface area contributed by atoms with E-state index in [1.54, 1.807) is 0 Å². The molecule has 0 unspecified atom stereocenters. The van der Waals surface area contributed by atoms with Crippen LogP contribution in [0.15, 0.2) is 36.0 Å². The molecule has 0 aromatic heterocycles. The fourth-order valence-electron chi connectivity index (χ4n) is 6.86. The fourth-order valence-corrected chi connectivity index (χ4v) is 6.86. The number of carbonyl (C=O) groups excluding carboxylic acids is 2. The highest BCUT2D eigenvalue weighted by atomic mass is 16.6. The van der Waals surface area contributed by atoms with E-state index in [4.69, 9.17) is 28.8 Å². The van der Waals surface area contributed by atoms with Crippen LogP contribution in [0, 0.1) is 16.7 Å². The van der Waals surface area contributed by atoms with Gasteiger partial charge in [-0.05, 0) is 32.1 Å². The van der Waals surface area contributed by atoms with Gasteiger partial charge in [-0.3, -0.25) is 0 Å². The molecule has 1 N–H and O–H groups in total. The van der Waals surface area contributed by atoms with Gasteiger partial charge in [0.05, 0.1) is 24.2 Å². The van der Waals surface area contributed by atoms with Gasteiger partial charge in [-0.1, -0.05) is 37.6 Å². The Balaban J connectivity index is 1.43. The van der Waals surface area contributed by atoms with Crippen molar-refractivity contribution in [2.24, 2.45) is 16.7 Å². The van der Waals surface area contributed by atoms with Crippen LogP contribution in [0.3, 0.4) is 0 Å². The highest BCUT2D eigenvalue weighted by Gasteiger charge is 2.83. The molecule has 3 aliphatic heterocycles. The number of carbonyl (C=O) groups is 3. The molecule has 4 fully saturated rings. The molecule has 9 nitrogen and oxygen atoms in total. The summed E-state index contributed by atoms with van der Waals surface area (Å²) in [5.41, 5.74) is -0.699. The smallest absolute Gasteiger partial charge is 0.335 e. The van der Waals surface area contributed by atoms with Gasteiger partial charge < -0.3 is 28.8 Å². The standard InChI is InChI=1S/C27H34O9/c1-16-8-10-26(14-33-24(31)23-17(2)9-11-32-23)19(12-16)35-20-13-18(25(26,3)27(20)15-34-27)36-22(30)7-5-4-6-21(28)29/h4-7,12,17-20,23H,8-11,13-15H2,1-3H3,(H,28,29)/b6-4+,7-5-/t17-,18+,19-,20+,23-,25+,26-,27+/m0/s1. The van der Waals surface area contributed by atoms with E-state index in [0.717, 1.165) is 18.9 Å². The minimum atomic E-state index is -1.10. The van der Waals surface area contributed by atoms with Crippen LogP contribution < -0.4 is 0 Å². The van der Waals surface area contributed by atoms with Crippen LogP contribution in [0.1, 0.15) is 46.5 Å². The number of ether oxygens (including phenoxy) is 5. The van der Waals surface area contributed by atoms with Crippen LogP contribution in [0.2, 0.25) is 0 Å². The molecule has 0 amide bonds. The lowest BCUT2D eigenvalue weighted by molar-refractivity contribution is -0.234. The SMILES string of the molecule is CC1=C[C@@H]2O[C@@H]3C[C@@H](OC(=O)/C=C\C=C\C(=O)O)[C@](C)([C@]2(COC(=O)[C@H]2OCC[C@@H]2C)CC1)[C@@]31CO1. The van der Waals surface area contributed by atoms with E-state index in [-0.39, 0.29) is 30.7 Å². The van der Waals surface area contributed by atoms with Gasteiger partial charge in [0, 0.05) is 30.6 Å². The average molecular weight is 503 g/mol. The quantitative estimate of drug-likeness (QED) is 0.184. The van der Waals surface area contributed by atoms with Gasteiger partial charge in [-0.2, -0.15) is 0 Å². The van der Waals surface area contributed by atoms with Crippen LogP contribution in [-0.4, -0.2) is 72.9 Å². The van der Waals surface area contributed by atoms with E-state index in [1.807, 2.05) is 6.92 Å². The van der Waals surface area contributed by atoms with Crippen molar-refractivity contribution in [1.29, 1.82) is 0 Å². The number of carboxylic acids is 1. The fraction of sp³-hybridized carbons (Fsp3) is 0.667. The molecule has 5 rings (SSSR count). The molecule has 0 aromatic rings. The number of epoxide rings is 1. The van der Waals surface area contributed by atoms with Crippen molar-refractivity contribution in [1.82, 2.24) is 0 Å². The van der Waals surface area contributed by atoms with Crippen molar-refractivity contribution in [3.05, 3.63) is 36.0 Å². The van der Waals surface area contributed by atoms with Gasteiger partial charge in [0.15, 0.2) is 6.10 Å². The number of esters is 2. The summed E-state index contributed by atoms with van der Waals surface area (Å²) in [7, 11) is 0. The van der Waals surface area contributed by atoms with Crippen LogP contribution in [0.4, 0.5) is 0 Å². The van der Waals surface area contributed by atoms with Gasteiger partial charge in [0.25, 0.3) is 0 Å². The number of hydrogen-bond donors (Lipinski definition) is 1. The molecular weight excluding hydrogens is 468 g/mol. The van der Waals surface area contributed by atoms with Crippen molar-refractivity contribution in [2.75, 3.05) is 19.8 Å². The van der Waals surface area contributed by atoms with E-state index in [0.29, 0.717) is 26.1 Å². The van der Waals surface area contributed by atoms with Gasteiger partial charge in [-0.15, -0.1) is 0 Å². The zero-order chi connectivity index (χ0) is 25.7. The maximum absolute atomic E-state index is 13.0. The van der Waals surface area contributed by atoms with Crippen molar-refractivity contribution < 1.29 is 43.2 Å². The molecule has 2 aliphatic carbocycles. The third kappa shape index (κ3) is 3.83. The Labute approximate surface area is 210 Å². The predicted molar refractivity (Wildman–Crippen MR) is 126 cm³/mol. The molecule has 8 atom stereocenters. The molecule has 9 heteroatoms. The summed E-state index contributed by atoms with van der Waals surface area (Å²) in [6.07, 6.45) is 8.04. The minimum Gasteiger partial charge on any atom is -0.478 e. The van der Waals surface area contributed by atoms with E-state index < -0.39 is 40.6 Å². The second-order valence-corrected chi connectivity index (χ2v) is 11.0. The molecule has 3 saturated heterocycles. The average Bonchev–Trinajstić information content (AvgIpc) is 3.49. The van der Waals surface area contributed by atoms with Crippen LogP contribution in [0.25, 0.3) is 0 Å². The first kappa shape index (κ1) is 25.2. The van der Waals surface area contributed by atoms with Crippen molar-refractivity contribution in [2.45, 2.75) is 76.5 Å². The predicted octanol–water partition coefficient (Wildman–Crippen LogP) is 2.74. The van der Waals surface area contributed by atoms with Crippen molar-refractivity contribution in [3.63, 3.8) is 0 Å². The molecule has 196 valence electrons. The topological polar surface area (TPSA) is 121 Å². The lowest BCUT2D eigenvalue weighted by Gasteiger charge is -2.58. The van der Waals surface area contributed by atoms with Gasteiger partial charge in [0.1, 0.15) is 18.3 Å². The first-order valence-corrected chi connectivity index (χ1v) is 12.7. The number of aliphatic carboxylic acids is 1. The Morgan fingerprint density at radius 1 is 1.25 bits per heavy atom. The molecule has 1 saturated carbocycles. The third-order valence-corrected chi connectivity index (χ3v) is 9.15. The second kappa shape index (κ2) is 9.11. The number of fused-ring (bicyclic) bond motifs is 2. The molecule has 0 aromatic carbocycles. The summed E-state index contributed by atoms with van der Waals surface area (Å²) in [5.74, 6) is -1.94. The van der Waals surface area contributed by atoms with Crippen molar-refractivity contribution >= 4 is 17.9 Å². The van der Waals surface area contributed by atoms with Gasteiger partial charge in [-0.25, -0.2) is 14.4 Å². The van der Waals surface area contributed by atoms with E-state index in [9.17, 15) is 14.4 Å². The van der Waals surface area contributed by atoms with Gasteiger partial charge in [0.2, 0.25) is 0 Å². The Hall–Kier alpha value is -2.49. The first-order valence-electron chi connectivity index (χ1n) is 12.7. The zero-order valence-corrected chi connectivity index (χ0v) is 20.9. The highest BCUT2D eigenvalue weighted by molar-refractivity contribution is 5.84. The monoisotopic (exact) mass is 502 g/mol. The molecule has 2 bridgehead atoms. The summed E-state index contributed by atoms with van der Waals surface area (Å²) in [4.78, 5) is 36.4.